The van der Waals surface area contributed by atoms with Crippen LogP contribution in [0.2, 0.25) is 0 Å². The van der Waals surface area contributed by atoms with Gasteiger partial charge in [-0.2, -0.15) is 0 Å². The first-order valence-electron chi connectivity index (χ1n) is 12.0. The average molecular weight is 443 g/mol. The molecule has 0 aromatic carbocycles. The van der Waals surface area contributed by atoms with Crippen LogP contribution in [0.1, 0.15) is 136 Å². The van der Waals surface area contributed by atoms with Crippen LogP contribution in [0.25, 0.3) is 0 Å². The SMILES string of the molecule is CCCCC(O)CCCCCCCCCCCCCCCC(CC)S(=O)(=O)[O-].[Na+]. The average Bonchev–Trinajstić information content (AvgIpc) is 2.65. The minimum Gasteiger partial charge on any atom is -0.748 e. The van der Waals surface area contributed by atoms with Crippen LogP contribution in [-0.4, -0.2) is 29.4 Å². The second-order valence-electron chi connectivity index (χ2n) is 8.49. The van der Waals surface area contributed by atoms with Crippen molar-refractivity contribution in [3.63, 3.8) is 0 Å². The summed E-state index contributed by atoms with van der Waals surface area (Å²) in [4.78, 5) is 0. The molecule has 0 rings (SSSR count). The van der Waals surface area contributed by atoms with E-state index in [1.54, 1.807) is 6.92 Å². The zero-order chi connectivity index (χ0) is 21.1. The Morgan fingerprint density at radius 2 is 1.00 bits per heavy atom. The molecular formula is C23H47NaO4S. The molecule has 0 aliphatic carbocycles. The smallest absolute Gasteiger partial charge is 0.748 e. The van der Waals surface area contributed by atoms with Crippen molar-refractivity contribution in [3.05, 3.63) is 0 Å². The second kappa shape index (κ2) is 22.1. The molecule has 0 aromatic heterocycles. The molecule has 0 amide bonds. The van der Waals surface area contributed by atoms with Crippen LogP contribution < -0.4 is 29.6 Å². The van der Waals surface area contributed by atoms with Gasteiger partial charge in [0.15, 0.2) is 0 Å². The molecule has 0 spiro atoms. The summed E-state index contributed by atoms with van der Waals surface area (Å²) in [6.45, 7) is 3.95. The van der Waals surface area contributed by atoms with E-state index in [0.717, 1.165) is 38.5 Å². The van der Waals surface area contributed by atoms with Crippen LogP contribution in [-0.2, 0) is 10.1 Å². The normalized spacial score (nSPS) is 13.8. The third-order valence-electron chi connectivity index (χ3n) is 5.82. The van der Waals surface area contributed by atoms with E-state index in [9.17, 15) is 18.1 Å². The van der Waals surface area contributed by atoms with Gasteiger partial charge in [-0.1, -0.05) is 110 Å². The maximum absolute atomic E-state index is 11.0. The maximum Gasteiger partial charge on any atom is 1.00 e. The first-order valence-corrected chi connectivity index (χ1v) is 13.5. The van der Waals surface area contributed by atoms with Crippen LogP contribution in [0, 0.1) is 0 Å². The summed E-state index contributed by atoms with van der Waals surface area (Å²) in [5, 5.41) is 9.12. The Morgan fingerprint density at radius 1 is 0.655 bits per heavy atom. The summed E-state index contributed by atoms with van der Waals surface area (Å²) in [6, 6.07) is 0. The molecule has 2 unspecified atom stereocenters. The summed E-state index contributed by atoms with van der Waals surface area (Å²) in [5.74, 6) is 0. The fourth-order valence-corrected chi connectivity index (χ4v) is 4.70. The molecule has 0 heterocycles. The van der Waals surface area contributed by atoms with Crippen molar-refractivity contribution in [2.24, 2.45) is 0 Å². The van der Waals surface area contributed by atoms with Gasteiger partial charge >= 0.3 is 29.6 Å². The maximum atomic E-state index is 11.0. The molecule has 0 aromatic rings. The van der Waals surface area contributed by atoms with Crippen molar-refractivity contribution in [2.75, 3.05) is 0 Å². The van der Waals surface area contributed by atoms with Crippen LogP contribution in [0.5, 0.6) is 0 Å². The molecule has 0 aliphatic rings. The predicted octanol–water partition coefficient (Wildman–Crippen LogP) is 3.72. The molecule has 6 heteroatoms. The molecule has 29 heavy (non-hydrogen) atoms. The van der Waals surface area contributed by atoms with E-state index in [1.165, 1.54) is 70.6 Å². The van der Waals surface area contributed by atoms with Gasteiger partial charge in [0.05, 0.1) is 16.2 Å². The van der Waals surface area contributed by atoms with E-state index >= 15 is 0 Å². The Morgan fingerprint density at radius 3 is 1.34 bits per heavy atom. The minimum absolute atomic E-state index is 0. The molecular weight excluding hydrogens is 395 g/mol. The van der Waals surface area contributed by atoms with Crippen molar-refractivity contribution >= 4 is 10.1 Å². The van der Waals surface area contributed by atoms with Gasteiger partial charge in [0.2, 0.25) is 0 Å². The standard InChI is InChI=1S/C23H48O4S.Na/c1-3-5-19-22(24)20-17-15-13-11-9-7-6-8-10-12-14-16-18-21-23(4-2)28(25,26)27;/h22-24H,3-21H2,1-2H3,(H,25,26,27);/q;+1/p-1. The summed E-state index contributed by atoms with van der Waals surface area (Å²) in [6.07, 6.45) is 21.0. The van der Waals surface area contributed by atoms with Crippen LogP contribution in [0.15, 0.2) is 0 Å². The van der Waals surface area contributed by atoms with Gasteiger partial charge in [0.25, 0.3) is 0 Å². The van der Waals surface area contributed by atoms with Crippen LogP contribution >= 0.6 is 0 Å². The van der Waals surface area contributed by atoms with E-state index < -0.39 is 15.4 Å². The van der Waals surface area contributed by atoms with E-state index in [1.807, 2.05) is 0 Å². The Hall–Kier alpha value is 0.870. The molecule has 0 saturated heterocycles. The van der Waals surface area contributed by atoms with E-state index in [4.69, 9.17) is 0 Å². The number of hydrogen-bond donors (Lipinski definition) is 1. The van der Waals surface area contributed by atoms with Gasteiger partial charge < -0.3 is 9.66 Å². The van der Waals surface area contributed by atoms with Crippen molar-refractivity contribution < 1.29 is 47.6 Å². The van der Waals surface area contributed by atoms with Crippen molar-refractivity contribution in [1.82, 2.24) is 0 Å². The number of aliphatic hydroxyl groups is 1. The van der Waals surface area contributed by atoms with Crippen LogP contribution in [0.3, 0.4) is 0 Å². The molecule has 2 atom stereocenters. The quantitative estimate of drug-likeness (QED) is 0.167. The molecule has 0 aliphatic heterocycles. The van der Waals surface area contributed by atoms with E-state index in [0.29, 0.717) is 12.8 Å². The van der Waals surface area contributed by atoms with Gasteiger partial charge in [0, 0.05) is 5.25 Å². The second-order valence-corrected chi connectivity index (χ2v) is 10.1. The number of aliphatic hydroxyl groups excluding tert-OH is 1. The van der Waals surface area contributed by atoms with E-state index in [-0.39, 0.29) is 35.7 Å². The third kappa shape index (κ3) is 21.9. The molecule has 170 valence electrons. The van der Waals surface area contributed by atoms with Gasteiger partial charge in [-0.15, -0.1) is 0 Å². The first-order chi connectivity index (χ1) is 13.4. The zero-order valence-corrected chi connectivity index (χ0v) is 22.5. The first kappa shape index (κ1) is 32.1. The van der Waals surface area contributed by atoms with Crippen molar-refractivity contribution in [3.8, 4) is 0 Å². The number of rotatable bonds is 21. The minimum atomic E-state index is -4.10. The zero-order valence-electron chi connectivity index (χ0n) is 19.7. The summed E-state index contributed by atoms with van der Waals surface area (Å²) in [5.41, 5.74) is 0. The summed E-state index contributed by atoms with van der Waals surface area (Å²) >= 11 is 0. The third-order valence-corrected chi connectivity index (χ3v) is 7.20. The van der Waals surface area contributed by atoms with Gasteiger partial charge in [-0.25, -0.2) is 8.42 Å². The topological polar surface area (TPSA) is 77.4 Å². The van der Waals surface area contributed by atoms with Crippen molar-refractivity contribution in [2.45, 2.75) is 147 Å². The van der Waals surface area contributed by atoms with Crippen molar-refractivity contribution in [1.29, 1.82) is 0 Å². The summed E-state index contributed by atoms with van der Waals surface area (Å²) in [7, 11) is -4.10. The van der Waals surface area contributed by atoms with Gasteiger partial charge in [-0.05, 0) is 25.7 Å². The Kier molecular flexibility index (Phi) is 24.4. The van der Waals surface area contributed by atoms with Crippen LogP contribution in [0.4, 0.5) is 0 Å². The molecule has 1 N–H and O–H groups in total. The van der Waals surface area contributed by atoms with E-state index in [2.05, 4.69) is 6.92 Å². The Labute approximate surface area is 204 Å². The molecule has 0 bridgehead atoms. The summed E-state index contributed by atoms with van der Waals surface area (Å²) < 4.78 is 33.1. The predicted molar refractivity (Wildman–Crippen MR) is 119 cm³/mol. The molecule has 0 radical (unpaired) electrons. The molecule has 0 saturated carbocycles. The Balaban J connectivity index is 0. The fourth-order valence-electron chi connectivity index (χ4n) is 3.83. The van der Waals surface area contributed by atoms with Gasteiger partial charge in [0.1, 0.15) is 0 Å². The molecule has 4 nitrogen and oxygen atoms in total. The monoisotopic (exact) mass is 442 g/mol. The molecule has 0 fully saturated rings. The largest absolute Gasteiger partial charge is 1.00 e. The van der Waals surface area contributed by atoms with Gasteiger partial charge in [-0.3, -0.25) is 0 Å². The number of hydrogen-bond acceptors (Lipinski definition) is 4. The number of unbranched alkanes of at least 4 members (excludes halogenated alkanes) is 13. The Bertz CT molecular complexity index is 429. The fraction of sp³-hybridized carbons (Fsp3) is 1.00.